The van der Waals surface area contributed by atoms with Crippen LogP contribution in [0.25, 0.3) is 33.2 Å². The van der Waals surface area contributed by atoms with Gasteiger partial charge in [0, 0.05) is 78.4 Å². The first-order valence-electron chi connectivity index (χ1n) is 15.5. The number of benzene rings is 2. The molecule has 224 valence electrons. The van der Waals surface area contributed by atoms with E-state index < -0.39 is 0 Å². The van der Waals surface area contributed by atoms with Crippen LogP contribution in [0.15, 0.2) is 97.8 Å². The first kappa shape index (κ1) is 28.8. The van der Waals surface area contributed by atoms with Crippen molar-refractivity contribution in [3.8, 4) is 11.4 Å². The highest BCUT2D eigenvalue weighted by Crippen LogP contribution is 2.36. The van der Waals surface area contributed by atoms with E-state index in [-0.39, 0.29) is 0 Å². The van der Waals surface area contributed by atoms with Gasteiger partial charge in [0.15, 0.2) is 0 Å². The highest BCUT2D eigenvalue weighted by atomic mass is 35.5. The molecule has 6 nitrogen and oxygen atoms in total. The number of aryl methyl sites for hydroxylation is 1. The molecule has 2 fully saturated rings. The summed E-state index contributed by atoms with van der Waals surface area (Å²) >= 11 is 6.01. The minimum Gasteiger partial charge on any atom is -0.381 e. The molecule has 4 aromatic heterocycles. The van der Waals surface area contributed by atoms with E-state index in [0.29, 0.717) is 11.8 Å². The third-order valence-electron chi connectivity index (χ3n) is 9.02. The molecule has 0 bridgehead atoms. The molecule has 0 aliphatic carbocycles. The van der Waals surface area contributed by atoms with Gasteiger partial charge in [-0.2, -0.15) is 0 Å². The molecule has 2 aliphatic heterocycles. The quantitative estimate of drug-likeness (QED) is 0.202. The Hall–Kier alpha value is -3.97. The molecule has 44 heavy (non-hydrogen) atoms. The van der Waals surface area contributed by atoms with Crippen molar-refractivity contribution in [2.75, 3.05) is 26.4 Å². The lowest BCUT2D eigenvalue weighted by Gasteiger charge is -2.21. The van der Waals surface area contributed by atoms with Gasteiger partial charge in [0.1, 0.15) is 0 Å². The normalized spacial score (nSPS) is 16.2. The third-order valence-corrected chi connectivity index (χ3v) is 9.27. The largest absolute Gasteiger partial charge is 0.381 e. The second-order valence-corrected chi connectivity index (χ2v) is 12.2. The molecule has 0 radical (unpaired) electrons. The number of nitrogens with zero attached hydrogens (tertiary/aromatic N) is 4. The minimum absolute atomic E-state index is 0.562. The number of ether oxygens (including phenoxy) is 2. The van der Waals surface area contributed by atoms with Gasteiger partial charge in [-0.1, -0.05) is 29.3 Å². The smallest absolute Gasteiger partial charge is 0.0715 e. The molecule has 2 saturated heterocycles. The summed E-state index contributed by atoms with van der Waals surface area (Å²) in [7, 11) is 0. The number of aromatic nitrogens is 4. The maximum Gasteiger partial charge on any atom is 0.0715 e. The number of pyridine rings is 2. The zero-order valence-corrected chi connectivity index (χ0v) is 25.8. The van der Waals surface area contributed by atoms with Crippen LogP contribution in [-0.4, -0.2) is 45.5 Å². The number of hydrogen-bond donors (Lipinski definition) is 0. The van der Waals surface area contributed by atoms with Crippen LogP contribution in [0.5, 0.6) is 0 Å². The molecule has 8 rings (SSSR count). The SMILES string of the molecule is Cc1ccc(-n2cc(C3CCOCC3)c3ccncc32)cc1.Clc1ccc(-n2cc(C3CCOCC3)c3ccncc32)cc1. The highest BCUT2D eigenvalue weighted by Gasteiger charge is 2.22. The summed E-state index contributed by atoms with van der Waals surface area (Å²) in [6.45, 7) is 5.55. The standard InChI is InChI=1S/C19H20N2O.C18H17ClN2O/c1-14-2-4-16(5-3-14)21-13-18(15-7-10-22-11-8-15)17-6-9-20-12-19(17)21;19-14-1-3-15(4-2-14)21-12-17(13-6-9-22-10-7-13)16-5-8-20-11-18(16)21/h2-6,9,12-13,15H,7-8,10-11H2,1H3;1-5,8,11-13H,6-7,9-10H2. The van der Waals surface area contributed by atoms with E-state index in [0.717, 1.165) is 68.3 Å². The molecule has 7 heteroatoms. The Morgan fingerprint density at radius 3 is 1.50 bits per heavy atom. The van der Waals surface area contributed by atoms with Crippen molar-refractivity contribution in [3.63, 3.8) is 0 Å². The number of fused-ring (bicyclic) bond motifs is 2. The van der Waals surface area contributed by atoms with E-state index in [4.69, 9.17) is 21.1 Å². The summed E-state index contributed by atoms with van der Waals surface area (Å²) in [6, 6.07) is 20.9. The molecule has 0 atom stereocenters. The van der Waals surface area contributed by atoms with Gasteiger partial charge < -0.3 is 18.6 Å². The van der Waals surface area contributed by atoms with Crippen LogP contribution in [0.3, 0.4) is 0 Å². The van der Waals surface area contributed by atoms with E-state index in [1.165, 1.54) is 38.7 Å². The van der Waals surface area contributed by atoms with E-state index in [1.54, 1.807) is 0 Å². The second kappa shape index (κ2) is 12.9. The summed E-state index contributed by atoms with van der Waals surface area (Å²) in [5.74, 6) is 1.15. The molecule has 2 aliphatic rings. The fraction of sp³-hybridized carbons (Fsp3) is 0.297. The summed E-state index contributed by atoms with van der Waals surface area (Å²) in [5.41, 5.74) is 8.75. The van der Waals surface area contributed by atoms with Crippen LogP contribution in [0.4, 0.5) is 0 Å². The molecule has 6 heterocycles. The average molecular weight is 605 g/mol. The van der Waals surface area contributed by atoms with Crippen LogP contribution in [0.1, 0.15) is 54.2 Å². The Labute approximate surface area is 263 Å². The Kier molecular flexibility index (Phi) is 8.47. The summed E-state index contributed by atoms with van der Waals surface area (Å²) < 4.78 is 15.5. The van der Waals surface area contributed by atoms with Gasteiger partial charge in [-0.15, -0.1) is 0 Å². The average Bonchev–Trinajstić information content (AvgIpc) is 3.67. The topological polar surface area (TPSA) is 54.1 Å². The van der Waals surface area contributed by atoms with Gasteiger partial charge in [-0.3, -0.25) is 9.97 Å². The van der Waals surface area contributed by atoms with Gasteiger partial charge in [0.25, 0.3) is 0 Å². The van der Waals surface area contributed by atoms with Crippen LogP contribution < -0.4 is 0 Å². The van der Waals surface area contributed by atoms with E-state index in [2.05, 4.69) is 74.8 Å². The summed E-state index contributed by atoms with van der Waals surface area (Å²) in [4.78, 5) is 8.63. The molecule has 6 aromatic rings. The minimum atomic E-state index is 0.562. The van der Waals surface area contributed by atoms with Crippen LogP contribution in [0.2, 0.25) is 5.02 Å². The van der Waals surface area contributed by atoms with Gasteiger partial charge in [-0.25, -0.2) is 0 Å². The van der Waals surface area contributed by atoms with Crippen molar-refractivity contribution in [2.45, 2.75) is 44.4 Å². The molecule has 0 spiro atoms. The molecule has 0 saturated carbocycles. The van der Waals surface area contributed by atoms with E-state index in [9.17, 15) is 0 Å². The fourth-order valence-electron chi connectivity index (χ4n) is 6.60. The Balaban J connectivity index is 0.000000142. The molecular weight excluding hydrogens is 568 g/mol. The zero-order valence-electron chi connectivity index (χ0n) is 25.0. The van der Waals surface area contributed by atoms with Gasteiger partial charge in [-0.05, 0) is 104 Å². The van der Waals surface area contributed by atoms with Crippen LogP contribution in [0, 0.1) is 6.92 Å². The monoisotopic (exact) mass is 604 g/mol. The molecular formula is C37H37ClN4O2. The molecule has 0 N–H and O–H groups in total. The van der Waals surface area contributed by atoms with Crippen molar-refractivity contribution < 1.29 is 9.47 Å². The van der Waals surface area contributed by atoms with Crippen molar-refractivity contribution in [2.24, 2.45) is 0 Å². The first-order valence-corrected chi connectivity index (χ1v) is 15.9. The predicted octanol–water partition coefficient (Wildman–Crippen LogP) is 8.80. The van der Waals surface area contributed by atoms with Crippen molar-refractivity contribution in [1.29, 1.82) is 0 Å². The maximum absolute atomic E-state index is 6.01. The number of hydrogen-bond acceptors (Lipinski definition) is 4. The highest BCUT2D eigenvalue weighted by molar-refractivity contribution is 6.30. The lowest BCUT2D eigenvalue weighted by Crippen LogP contribution is -2.13. The molecule has 2 aromatic carbocycles. The van der Waals surface area contributed by atoms with E-state index >= 15 is 0 Å². The fourth-order valence-corrected chi connectivity index (χ4v) is 6.73. The van der Waals surface area contributed by atoms with Crippen LogP contribution >= 0.6 is 11.6 Å². The van der Waals surface area contributed by atoms with Crippen molar-refractivity contribution >= 4 is 33.4 Å². The summed E-state index contributed by atoms with van der Waals surface area (Å²) in [6.07, 6.45) is 16.6. The first-order chi connectivity index (χ1) is 21.7. The lowest BCUT2D eigenvalue weighted by atomic mass is 9.92. The zero-order chi connectivity index (χ0) is 29.9. The predicted molar refractivity (Wildman–Crippen MR) is 177 cm³/mol. The molecule has 0 unspecified atom stereocenters. The maximum atomic E-state index is 6.01. The molecule has 0 amide bonds. The lowest BCUT2D eigenvalue weighted by molar-refractivity contribution is 0.0855. The Bertz CT molecular complexity index is 1710. The van der Waals surface area contributed by atoms with Crippen LogP contribution in [-0.2, 0) is 9.47 Å². The van der Waals surface area contributed by atoms with Crippen molar-refractivity contribution in [1.82, 2.24) is 19.1 Å². The third kappa shape index (κ3) is 5.90. The summed E-state index contributed by atoms with van der Waals surface area (Å²) in [5, 5.41) is 3.36. The van der Waals surface area contributed by atoms with Gasteiger partial charge in [0.2, 0.25) is 0 Å². The Morgan fingerprint density at radius 1 is 0.614 bits per heavy atom. The van der Waals surface area contributed by atoms with Gasteiger partial charge >= 0.3 is 0 Å². The van der Waals surface area contributed by atoms with E-state index in [1.807, 2.05) is 49.1 Å². The second-order valence-electron chi connectivity index (χ2n) is 11.8. The van der Waals surface area contributed by atoms with Gasteiger partial charge in [0.05, 0.1) is 23.4 Å². The number of halogens is 1. The number of rotatable bonds is 4. The Morgan fingerprint density at radius 2 is 1.05 bits per heavy atom. The van der Waals surface area contributed by atoms with Crippen molar-refractivity contribution in [3.05, 3.63) is 120 Å².